The van der Waals surface area contributed by atoms with Crippen molar-refractivity contribution in [3.05, 3.63) is 29.8 Å². The largest absolute Gasteiger partial charge is 0.508 e. The molecule has 4 N–H and O–H groups in total. The zero-order valence-corrected chi connectivity index (χ0v) is 12.1. The molecule has 116 valence electrons. The lowest BCUT2D eigenvalue weighted by molar-refractivity contribution is -0.139. The first-order valence-corrected chi connectivity index (χ1v) is 6.74. The molecular weight excluding hydrogens is 274 g/mol. The van der Waals surface area contributed by atoms with Gasteiger partial charge in [-0.05, 0) is 37.0 Å². The minimum absolute atomic E-state index is 0.170. The van der Waals surface area contributed by atoms with Gasteiger partial charge < -0.3 is 15.3 Å². The Bertz CT molecular complexity index is 485. The summed E-state index contributed by atoms with van der Waals surface area (Å²) in [6, 6.07) is 5.71. The number of phenolic OH excluding ortho intramolecular Hbond substituents is 1. The smallest absolute Gasteiger partial charge is 0.305 e. The summed E-state index contributed by atoms with van der Waals surface area (Å²) in [5.74, 6) is -1.47. The van der Waals surface area contributed by atoms with Crippen molar-refractivity contribution in [2.24, 2.45) is 5.92 Å². The molecule has 6 heteroatoms. The van der Waals surface area contributed by atoms with Gasteiger partial charge in [0.15, 0.2) is 0 Å². The van der Waals surface area contributed by atoms with Crippen LogP contribution in [0.1, 0.15) is 25.8 Å². The first-order chi connectivity index (χ1) is 9.79. The molecule has 21 heavy (non-hydrogen) atoms. The van der Waals surface area contributed by atoms with Crippen LogP contribution in [0.25, 0.3) is 0 Å². The highest BCUT2D eigenvalue weighted by Crippen LogP contribution is 2.15. The number of carbonyl (C=O) groups excluding carboxylic acids is 1. The lowest BCUT2D eigenvalue weighted by Gasteiger charge is -2.24. The Balaban J connectivity index is 2.59. The zero-order valence-electron chi connectivity index (χ0n) is 12.1. The van der Waals surface area contributed by atoms with Gasteiger partial charge in [0.2, 0.25) is 0 Å². The number of Topliss-reactive ketones (excluding diaryl/α,β-unsaturated/α-hetero) is 1. The molecule has 1 aromatic carbocycles. The Hall–Kier alpha value is -1.92. The summed E-state index contributed by atoms with van der Waals surface area (Å²) in [7, 11) is 0. The summed E-state index contributed by atoms with van der Waals surface area (Å²) in [6.45, 7) is 3.08. The maximum absolute atomic E-state index is 11.4. The summed E-state index contributed by atoms with van der Waals surface area (Å²) in [6.07, 6.45) is -0.822. The van der Waals surface area contributed by atoms with Gasteiger partial charge in [0.25, 0.3) is 0 Å². The third kappa shape index (κ3) is 5.93. The lowest BCUT2D eigenvalue weighted by Crippen LogP contribution is -2.46. The Morgan fingerprint density at radius 2 is 1.81 bits per heavy atom. The number of aliphatic hydroxyl groups excluding tert-OH is 1. The lowest BCUT2D eigenvalue weighted by atomic mass is 9.98. The molecule has 0 aromatic heterocycles. The average Bonchev–Trinajstić information content (AvgIpc) is 2.39. The predicted octanol–water partition coefficient (Wildman–Crippen LogP) is 0.911. The van der Waals surface area contributed by atoms with Crippen LogP contribution in [0.15, 0.2) is 24.3 Å². The number of ketones is 1. The van der Waals surface area contributed by atoms with Gasteiger partial charge in [-0.3, -0.25) is 14.9 Å². The van der Waals surface area contributed by atoms with Crippen LogP contribution in [0.5, 0.6) is 5.75 Å². The van der Waals surface area contributed by atoms with Crippen LogP contribution in [0, 0.1) is 5.92 Å². The number of nitrogens with one attached hydrogen (secondary N) is 1. The van der Waals surface area contributed by atoms with Gasteiger partial charge in [-0.1, -0.05) is 19.1 Å². The minimum atomic E-state index is -1.10. The molecule has 0 fully saturated rings. The second kappa shape index (κ2) is 7.75. The molecule has 3 atom stereocenters. The number of carbonyl (C=O) groups is 2. The molecule has 0 aliphatic carbocycles. The van der Waals surface area contributed by atoms with Crippen molar-refractivity contribution in [2.75, 3.05) is 0 Å². The molecule has 0 heterocycles. The van der Waals surface area contributed by atoms with Gasteiger partial charge in [0, 0.05) is 0 Å². The first-order valence-electron chi connectivity index (χ1n) is 6.74. The van der Waals surface area contributed by atoms with Crippen LogP contribution < -0.4 is 5.32 Å². The normalized spacial score (nSPS) is 15.2. The summed E-state index contributed by atoms with van der Waals surface area (Å²) in [5.41, 5.74) is 0.929. The number of rotatable bonds is 8. The van der Waals surface area contributed by atoms with E-state index in [1.807, 2.05) is 0 Å². The fourth-order valence-corrected chi connectivity index (χ4v) is 1.98. The second-order valence-corrected chi connectivity index (χ2v) is 5.22. The number of phenols is 1. The molecular formula is C15H21NO5. The van der Waals surface area contributed by atoms with E-state index < -0.39 is 18.2 Å². The minimum Gasteiger partial charge on any atom is -0.508 e. The van der Waals surface area contributed by atoms with E-state index >= 15 is 0 Å². The molecule has 1 rings (SSSR count). The molecule has 1 unspecified atom stereocenters. The van der Waals surface area contributed by atoms with Crippen LogP contribution in [0.3, 0.4) is 0 Å². The first kappa shape index (κ1) is 17.1. The van der Waals surface area contributed by atoms with Gasteiger partial charge in [0.1, 0.15) is 17.8 Å². The summed E-state index contributed by atoms with van der Waals surface area (Å²) in [5, 5.41) is 30.7. The molecule has 0 amide bonds. The third-order valence-corrected chi connectivity index (χ3v) is 3.27. The van der Waals surface area contributed by atoms with Crippen molar-refractivity contribution in [3.8, 4) is 5.75 Å². The number of aliphatic hydroxyl groups is 1. The molecule has 6 nitrogen and oxygen atoms in total. The van der Waals surface area contributed by atoms with E-state index in [0.717, 1.165) is 5.56 Å². The number of hydrogen-bond acceptors (Lipinski definition) is 5. The van der Waals surface area contributed by atoms with Gasteiger partial charge in [-0.2, -0.15) is 0 Å². The Morgan fingerprint density at radius 3 is 2.29 bits per heavy atom. The predicted molar refractivity (Wildman–Crippen MR) is 76.8 cm³/mol. The van der Waals surface area contributed by atoms with Crippen molar-refractivity contribution in [3.63, 3.8) is 0 Å². The van der Waals surface area contributed by atoms with E-state index in [0.29, 0.717) is 6.42 Å². The van der Waals surface area contributed by atoms with Crippen LogP contribution in [0.4, 0.5) is 0 Å². The highest BCUT2D eigenvalue weighted by atomic mass is 16.4. The molecule has 0 aliphatic heterocycles. The van der Waals surface area contributed by atoms with Crippen LogP contribution in [-0.2, 0) is 16.0 Å². The van der Waals surface area contributed by atoms with Crippen molar-refractivity contribution in [1.29, 1.82) is 0 Å². The highest BCUT2D eigenvalue weighted by Gasteiger charge is 2.23. The fraction of sp³-hybridized carbons (Fsp3) is 0.467. The van der Waals surface area contributed by atoms with E-state index in [1.54, 1.807) is 31.2 Å². The average molecular weight is 295 g/mol. The maximum atomic E-state index is 11.4. The van der Waals surface area contributed by atoms with Gasteiger partial charge >= 0.3 is 5.97 Å². The van der Waals surface area contributed by atoms with Gasteiger partial charge in [-0.25, -0.2) is 0 Å². The summed E-state index contributed by atoms with van der Waals surface area (Å²) < 4.78 is 0. The Morgan fingerprint density at radius 1 is 1.24 bits per heavy atom. The maximum Gasteiger partial charge on any atom is 0.305 e. The zero-order chi connectivity index (χ0) is 16.0. The Labute approximate surface area is 123 Å². The molecule has 0 aliphatic rings. The highest BCUT2D eigenvalue weighted by molar-refractivity contribution is 5.85. The number of aliphatic carboxylic acids is 1. The van der Waals surface area contributed by atoms with E-state index in [-0.39, 0.29) is 23.9 Å². The molecule has 0 saturated carbocycles. The quantitative estimate of drug-likeness (QED) is 0.531. The Kier molecular flexibility index (Phi) is 6.33. The molecule has 0 bridgehead atoms. The van der Waals surface area contributed by atoms with Crippen LogP contribution in [-0.4, -0.2) is 39.3 Å². The molecule has 0 radical (unpaired) electrons. The number of carboxylic acids is 1. The number of hydrogen-bond donors (Lipinski definition) is 4. The third-order valence-electron chi connectivity index (χ3n) is 3.27. The topological polar surface area (TPSA) is 107 Å². The molecule has 0 saturated heterocycles. The summed E-state index contributed by atoms with van der Waals surface area (Å²) in [4.78, 5) is 22.1. The SMILES string of the molecule is CC(=O)[C@H](CC(=O)O)NC(O)[C@@H](C)Cc1ccc(O)cc1. The van der Waals surface area contributed by atoms with Crippen molar-refractivity contribution in [2.45, 2.75) is 39.0 Å². The monoisotopic (exact) mass is 295 g/mol. The van der Waals surface area contributed by atoms with Crippen molar-refractivity contribution >= 4 is 11.8 Å². The fourth-order valence-electron chi connectivity index (χ4n) is 1.98. The second-order valence-electron chi connectivity index (χ2n) is 5.22. The van der Waals surface area contributed by atoms with E-state index in [9.17, 15) is 19.8 Å². The van der Waals surface area contributed by atoms with E-state index in [1.165, 1.54) is 6.92 Å². The van der Waals surface area contributed by atoms with Crippen LogP contribution >= 0.6 is 0 Å². The standard InChI is InChI=1S/C15H21NO5/c1-9(7-11-3-5-12(18)6-4-11)15(21)16-13(10(2)17)8-14(19)20/h3-6,9,13,15-16,18,21H,7-8H2,1-2H3,(H,19,20)/t9-,13-,15?/m0/s1. The van der Waals surface area contributed by atoms with Crippen LogP contribution in [0.2, 0.25) is 0 Å². The number of benzene rings is 1. The molecule has 0 spiro atoms. The number of aromatic hydroxyl groups is 1. The number of carboxylic acid groups (broad SMARTS) is 1. The van der Waals surface area contributed by atoms with Crippen molar-refractivity contribution < 1.29 is 24.9 Å². The van der Waals surface area contributed by atoms with Gasteiger partial charge in [-0.15, -0.1) is 0 Å². The van der Waals surface area contributed by atoms with E-state index in [4.69, 9.17) is 5.11 Å². The molecule has 1 aromatic rings. The van der Waals surface area contributed by atoms with Crippen molar-refractivity contribution in [1.82, 2.24) is 5.32 Å². The van der Waals surface area contributed by atoms with Gasteiger partial charge in [0.05, 0.1) is 12.5 Å². The van der Waals surface area contributed by atoms with E-state index in [2.05, 4.69) is 5.32 Å². The summed E-state index contributed by atoms with van der Waals surface area (Å²) >= 11 is 0.